The molecule has 1 aromatic rings. The van der Waals surface area contributed by atoms with Crippen molar-refractivity contribution in [1.82, 2.24) is 9.80 Å². The number of carbonyl (C=O) groups is 3. The van der Waals surface area contributed by atoms with E-state index in [1.165, 1.54) is 18.2 Å². The highest BCUT2D eigenvalue weighted by molar-refractivity contribution is 5.96. The summed E-state index contributed by atoms with van der Waals surface area (Å²) in [6.45, 7) is 4.79. The molecular weight excluding hydrogens is 360 g/mol. The Hall–Kier alpha value is -2.41. The molecule has 1 fully saturated rings. The van der Waals surface area contributed by atoms with Crippen LogP contribution in [-0.4, -0.2) is 60.5 Å². The number of likely N-dealkylation sites (tertiary alicyclic amines) is 1. The number of ketones is 1. The van der Waals surface area contributed by atoms with Gasteiger partial charge in [0.15, 0.2) is 0 Å². The van der Waals surface area contributed by atoms with Gasteiger partial charge in [0, 0.05) is 38.1 Å². The second-order valence-corrected chi connectivity index (χ2v) is 7.42. The maximum absolute atomic E-state index is 12.5. The molecule has 0 N–H and O–H groups in total. The first-order valence-electron chi connectivity index (χ1n) is 9.83. The Kier molecular flexibility index (Phi) is 6.67. The van der Waals surface area contributed by atoms with E-state index >= 15 is 0 Å². The Morgan fingerprint density at radius 2 is 1.82 bits per heavy atom. The van der Waals surface area contributed by atoms with E-state index in [0.717, 1.165) is 13.1 Å². The van der Waals surface area contributed by atoms with Crippen molar-refractivity contribution < 1.29 is 23.9 Å². The van der Waals surface area contributed by atoms with Crippen LogP contribution in [0.5, 0.6) is 0 Å². The van der Waals surface area contributed by atoms with Crippen LogP contribution in [0.4, 0.5) is 4.79 Å². The average Bonchev–Trinajstić information content (AvgIpc) is 3.09. The summed E-state index contributed by atoms with van der Waals surface area (Å²) in [5, 5.41) is 0. The number of hydrogen-bond acceptors (Lipinski definition) is 6. The van der Waals surface area contributed by atoms with Crippen molar-refractivity contribution in [3.05, 3.63) is 35.4 Å². The number of Topliss-reactive ketones (excluding diaryl/α,β-unsaturated/α-hetero) is 1. The van der Waals surface area contributed by atoms with Gasteiger partial charge in [-0.15, -0.1) is 0 Å². The van der Waals surface area contributed by atoms with Gasteiger partial charge in [0.05, 0.1) is 13.7 Å². The normalized spacial score (nSPS) is 21.9. The fourth-order valence-electron chi connectivity index (χ4n) is 4.20. The molecule has 0 saturated carbocycles. The molecule has 0 spiro atoms. The van der Waals surface area contributed by atoms with Crippen molar-refractivity contribution >= 4 is 17.8 Å². The highest BCUT2D eigenvalue weighted by Crippen LogP contribution is 2.29. The predicted octanol–water partition coefficient (Wildman–Crippen LogP) is 2.37. The number of benzene rings is 1. The van der Waals surface area contributed by atoms with E-state index in [4.69, 9.17) is 9.47 Å². The Balaban J connectivity index is 1.65. The summed E-state index contributed by atoms with van der Waals surface area (Å²) in [5.74, 6) is -0.813. The summed E-state index contributed by atoms with van der Waals surface area (Å²) in [6.07, 6.45) is 0.529. The van der Waals surface area contributed by atoms with Gasteiger partial charge in [0.25, 0.3) is 0 Å². The third-order valence-corrected chi connectivity index (χ3v) is 5.58. The highest BCUT2D eigenvalue weighted by Gasteiger charge is 2.37. The van der Waals surface area contributed by atoms with Crippen LogP contribution in [-0.2, 0) is 32.2 Å². The van der Waals surface area contributed by atoms with Crippen LogP contribution in [0.25, 0.3) is 0 Å². The Morgan fingerprint density at radius 1 is 1.14 bits per heavy atom. The number of rotatable bonds is 6. The Morgan fingerprint density at radius 3 is 2.43 bits per heavy atom. The maximum Gasteiger partial charge on any atom is 0.409 e. The van der Waals surface area contributed by atoms with E-state index in [-0.39, 0.29) is 36.9 Å². The van der Waals surface area contributed by atoms with E-state index in [2.05, 4.69) is 17.0 Å². The second-order valence-electron chi connectivity index (χ2n) is 7.42. The smallest absolute Gasteiger partial charge is 0.409 e. The lowest BCUT2D eigenvalue weighted by Gasteiger charge is -2.39. The van der Waals surface area contributed by atoms with Crippen LogP contribution in [0.1, 0.15) is 37.3 Å². The topological polar surface area (TPSA) is 76.2 Å². The number of fused-ring (bicyclic) bond motifs is 1. The van der Waals surface area contributed by atoms with E-state index in [1.807, 2.05) is 12.1 Å². The lowest BCUT2D eigenvalue weighted by atomic mass is 9.86. The SMILES string of the molecule is CCOC(=O)CC(=O)C1CCN(C(=O)OC)C(CN2Cc3ccccc3C2)C1. The first-order valence-corrected chi connectivity index (χ1v) is 9.83. The molecule has 7 nitrogen and oxygen atoms in total. The minimum absolute atomic E-state index is 0.0994. The van der Waals surface area contributed by atoms with Crippen molar-refractivity contribution in [1.29, 1.82) is 0 Å². The molecular formula is C21H28N2O5. The molecule has 3 rings (SSSR count). The quantitative estimate of drug-likeness (QED) is 0.550. The minimum atomic E-state index is -0.477. The third kappa shape index (κ3) is 4.70. The number of ether oxygens (including phenoxy) is 2. The molecule has 0 aliphatic carbocycles. The number of nitrogens with zero attached hydrogens (tertiary/aromatic N) is 2. The van der Waals surface area contributed by atoms with Crippen molar-refractivity contribution in [3.63, 3.8) is 0 Å². The van der Waals surface area contributed by atoms with Crippen molar-refractivity contribution in [2.45, 2.75) is 45.3 Å². The minimum Gasteiger partial charge on any atom is -0.466 e. The van der Waals surface area contributed by atoms with Crippen molar-refractivity contribution in [2.24, 2.45) is 5.92 Å². The molecule has 2 unspecified atom stereocenters. The summed E-state index contributed by atoms with van der Waals surface area (Å²) in [5.41, 5.74) is 2.61. The monoisotopic (exact) mass is 388 g/mol. The van der Waals surface area contributed by atoms with Crippen molar-refractivity contribution in [3.8, 4) is 0 Å². The summed E-state index contributed by atoms with van der Waals surface area (Å²) < 4.78 is 9.85. The standard InChI is InChI=1S/C21H28N2O5/c1-3-28-20(25)11-19(24)15-8-9-23(21(26)27-2)18(10-15)14-22-12-16-6-4-5-7-17(16)13-22/h4-7,15,18H,3,8-14H2,1-2H3. The van der Waals surface area contributed by atoms with E-state index in [9.17, 15) is 14.4 Å². The molecule has 2 atom stereocenters. The number of methoxy groups -OCH3 is 1. The van der Waals surface area contributed by atoms with E-state index in [0.29, 0.717) is 25.9 Å². The van der Waals surface area contributed by atoms with Crippen LogP contribution in [0, 0.1) is 5.92 Å². The molecule has 1 saturated heterocycles. The molecule has 152 valence electrons. The maximum atomic E-state index is 12.5. The second kappa shape index (κ2) is 9.19. The summed E-state index contributed by atoms with van der Waals surface area (Å²) in [7, 11) is 1.38. The first kappa shape index (κ1) is 20.3. The fraction of sp³-hybridized carbons (Fsp3) is 0.571. The molecule has 0 aromatic heterocycles. The zero-order chi connectivity index (χ0) is 20.1. The van der Waals surface area contributed by atoms with Crippen LogP contribution in [0.3, 0.4) is 0 Å². The molecule has 2 aliphatic heterocycles. The molecule has 28 heavy (non-hydrogen) atoms. The van der Waals surface area contributed by atoms with Crippen LogP contribution in [0.15, 0.2) is 24.3 Å². The van der Waals surface area contributed by atoms with Crippen LogP contribution < -0.4 is 0 Å². The Bertz CT molecular complexity index is 710. The van der Waals surface area contributed by atoms with Gasteiger partial charge in [0.1, 0.15) is 12.2 Å². The van der Waals surface area contributed by atoms with Gasteiger partial charge in [-0.25, -0.2) is 4.79 Å². The number of piperidine rings is 1. The van der Waals surface area contributed by atoms with E-state index < -0.39 is 5.97 Å². The van der Waals surface area contributed by atoms with Gasteiger partial charge in [0.2, 0.25) is 0 Å². The zero-order valence-electron chi connectivity index (χ0n) is 16.6. The molecule has 2 aliphatic rings. The summed E-state index contributed by atoms with van der Waals surface area (Å²) in [6, 6.07) is 8.20. The van der Waals surface area contributed by atoms with Crippen molar-refractivity contribution in [2.75, 3.05) is 26.8 Å². The molecule has 2 heterocycles. The number of hydrogen-bond donors (Lipinski definition) is 0. The lowest BCUT2D eigenvalue weighted by molar-refractivity contribution is -0.146. The van der Waals surface area contributed by atoms with Gasteiger partial charge in [-0.3, -0.25) is 14.5 Å². The predicted molar refractivity (Wildman–Crippen MR) is 102 cm³/mol. The molecule has 0 bridgehead atoms. The van der Waals surface area contributed by atoms with Gasteiger partial charge < -0.3 is 14.4 Å². The molecule has 0 radical (unpaired) electrons. The average molecular weight is 388 g/mol. The largest absolute Gasteiger partial charge is 0.466 e. The van der Waals surface area contributed by atoms with Crippen LogP contribution in [0.2, 0.25) is 0 Å². The third-order valence-electron chi connectivity index (χ3n) is 5.58. The number of amides is 1. The highest BCUT2D eigenvalue weighted by atomic mass is 16.5. The molecule has 7 heteroatoms. The first-order chi connectivity index (χ1) is 13.5. The van der Waals surface area contributed by atoms with Crippen LogP contribution >= 0.6 is 0 Å². The van der Waals surface area contributed by atoms with E-state index in [1.54, 1.807) is 11.8 Å². The van der Waals surface area contributed by atoms with Gasteiger partial charge >= 0.3 is 12.1 Å². The van der Waals surface area contributed by atoms with Gasteiger partial charge in [-0.2, -0.15) is 0 Å². The molecule has 1 amide bonds. The summed E-state index contributed by atoms with van der Waals surface area (Å²) >= 11 is 0. The fourth-order valence-corrected chi connectivity index (χ4v) is 4.20. The van der Waals surface area contributed by atoms with Gasteiger partial charge in [-0.05, 0) is 30.9 Å². The number of carbonyl (C=O) groups excluding carboxylic acids is 3. The zero-order valence-corrected chi connectivity index (χ0v) is 16.6. The Labute approximate surface area is 165 Å². The number of esters is 1. The lowest BCUT2D eigenvalue weighted by Crippen LogP contribution is -2.51. The summed E-state index contributed by atoms with van der Waals surface area (Å²) in [4.78, 5) is 40.5. The van der Waals surface area contributed by atoms with Gasteiger partial charge in [-0.1, -0.05) is 24.3 Å². The molecule has 1 aromatic carbocycles.